The first-order valence-corrected chi connectivity index (χ1v) is 7.50. The molecule has 0 bridgehead atoms. The Balaban J connectivity index is 2.11. The van der Waals surface area contributed by atoms with Crippen LogP contribution in [0.1, 0.15) is 15.9 Å². The summed E-state index contributed by atoms with van der Waals surface area (Å²) < 4.78 is 12.1. The summed E-state index contributed by atoms with van der Waals surface area (Å²) in [7, 11) is -1.31. The summed E-state index contributed by atoms with van der Waals surface area (Å²) in [6, 6.07) is 14.0. The summed E-state index contributed by atoms with van der Waals surface area (Å²) >= 11 is 5.76. The number of hydrogen-bond donors (Lipinski definition) is 0. The average molecular weight is 293 g/mol. The van der Waals surface area contributed by atoms with Gasteiger partial charge in [-0.3, -0.25) is 9.00 Å². The molecular weight excluding hydrogens is 280 g/mol. The van der Waals surface area contributed by atoms with Gasteiger partial charge in [0.15, 0.2) is 5.78 Å². The number of carbonyl (C=O) groups excluding carboxylic acids is 1. The minimum atomic E-state index is -1.31. The molecule has 2 aromatic carbocycles. The summed E-state index contributed by atoms with van der Waals surface area (Å²) in [4.78, 5) is 12.7. The van der Waals surface area contributed by atoms with Crippen molar-refractivity contribution in [1.82, 2.24) is 0 Å². The second-order valence-corrected chi connectivity index (χ2v) is 6.12. The van der Waals surface area contributed by atoms with Gasteiger partial charge in [0.2, 0.25) is 0 Å². The van der Waals surface area contributed by atoms with E-state index in [2.05, 4.69) is 0 Å². The fourth-order valence-corrected chi connectivity index (χ4v) is 2.92. The lowest BCUT2D eigenvalue weighted by molar-refractivity contribution is 0.102. The third-order valence-electron chi connectivity index (χ3n) is 2.68. The number of halogens is 1. The molecule has 0 aliphatic heterocycles. The summed E-state index contributed by atoms with van der Waals surface area (Å²) in [5.41, 5.74) is 1.56. The van der Waals surface area contributed by atoms with E-state index >= 15 is 0 Å². The standard InChI is InChI=1S/C15H13ClO2S/c1-11-3-2-4-14(9-11)19(18)10-15(17)12-5-7-13(16)8-6-12/h2-9H,10H2,1H3. The topological polar surface area (TPSA) is 34.1 Å². The van der Waals surface area contributed by atoms with Crippen LogP contribution in [0.4, 0.5) is 0 Å². The Labute approximate surface area is 119 Å². The van der Waals surface area contributed by atoms with Gasteiger partial charge in [-0.2, -0.15) is 0 Å². The van der Waals surface area contributed by atoms with Crippen molar-refractivity contribution in [2.75, 3.05) is 5.75 Å². The van der Waals surface area contributed by atoms with Crippen LogP contribution in [-0.2, 0) is 10.8 Å². The van der Waals surface area contributed by atoms with Crippen molar-refractivity contribution in [3.63, 3.8) is 0 Å². The Morgan fingerprint density at radius 1 is 1.16 bits per heavy atom. The largest absolute Gasteiger partial charge is 0.293 e. The molecule has 0 amide bonds. The van der Waals surface area contributed by atoms with Crippen LogP contribution in [0.5, 0.6) is 0 Å². The molecule has 0 aromatic heterocycles. The number of Topliss-reactive ketones (excluding diaryl/α,β-unsaturated/α-hetero) is 1. The SMILES string of the molecule is Cc1cccc(S(=O)CC(=O)c2ccc(Cl)cc2)c1. The highest BCUT2D eigenvalue weighted by atomic mass is 35.5. The minimum absolute atomic E-state index is 0.00884. The molecule has 0 aliphatic rings. The van der Waals surface area contributed by atoms with Crippen LogP contribution in [0.15, 0.2) is 53.4 Å². The van der Waals surface area contributed by atoms with E-state index in [0.29, 0.717) is 15.5 Å². The molecular formula is C15H13ClO2S. The first kappa shape index (κ1) is 14.0. The third kappa shape index (κ3) is 3.75. The first-order chi connectivity index (χ1) is 9.06. The fraction of sp³-hybridized carbons (Fsp3) is 0.133. The van der Waals surface area contributed by atoms with E-state index in [-0.39, 0.29) is 11.5 Å². The monoisotopic (exact) mass is 292 g/mol. The zero-order valence-electron chi connectivity index (χ0n) is 10.4. The van der Waals surface area contributed by atoms with Gasteiger partial charge < -0.3 is 0 Å². The Bertz CT molecular complexity index is 620. The van der Waals surface area contributed by atoms with Crippen LogP contribution >= 0.6 is 11.6 Å². The molecule has 0 spiro atoms. The van der Waals surface area contributed by atoms with Gasteiger partial charge >= 0.3 is 0 Å². The van der Waals surface area contributed by atoms with Gasteiger partial charge in [-0.25, -0.2) is 0 Å². The van der Waals surface area contributed by atoms with Crippen molar-refractivity contribution in [2.24, 2.45) is 0 Å². The molecule has 0 saturated heterocycles. The predicted octanol–water partition coefficient (Wildman–Crippen LogP) is 3.64. The Morgan fingerprint density at radius 2 is 1.84 bits per heavy atom. The Morgan fingerprint density at radius 3 is 2.47 bits per heavy atom. The molecule has 2 rings (SSSR count). The lowest BCUT2D eigenvalue weighted by atomic mass is 10.1. The van der Waals surface area contributed by atoms with E-state index in [0.717, 1.165) is 5.56 Å². The zero-order valence-corrected chi connectivity index (χ0v) is 12.0. The number of rotatable bonds is 4. The lowest BCUT2D eigenvalue weighted by Gasteiger charge is -2.03. The summed E-state index contributed by atoms with van der Waals surface area (Å²) in [6.07, 6.45) is 0. The predicted molar refractivity (Wildman–Crippen MR) is 78.2 cm³/mol. The van der Waals surface area contributed by atoms with Crippen LogP contribution < -0.4 is 0 Å². The molecule has 19 heavy (non-hydrogen) atoms. The molecule has 1 unspecified atom stereocenters. The lowest BCUT2D eigenvalue weighted by Crippen LogP contribution is -2.11. The van der Waals surface area contributed by atoms with Gasteiger partial charge in [0.25, 0.3) is 0 Å². The normalized spacial score (nSPS) is 12.1. The molecule has 0 N–H and O–H groups in total. The highest BCUT2D eigenvalue weighted by Crippen LogP contribution is 2.13. The van der Waals surface area contributed by atoms with Crippen LogP contribution in [-0.4, -0.2) is 15.7 Å². The van der Waals surface area contributed by atoms with Crippen molar-refractivity contribution in [1.29, 1.82) is 0 Å². The highest BCUT2D eigenvalue weighted by Gasteiger charge is 2.12. The number of ketones is 1. The second kappa shape index (κ2) is 6.13. The van der Waals surface area contributed by atoms with Crippen LogP contribution in [0.25, 0.3) is 0 Å². The molecule has 2 aromatic rings. The number of hydrogen-bond acceptors (Lipinski definition) is 2. The smallest absolute Gasteiger partial charge is 0.175 e. The van der Waals surface area contributed by atoms with E-state index in [9.17, 15) is 9.00 Å². The van der Waals surface area contributed by atoms with Gasteiger partial charge in [0.05, 0.1) is 16.6 Å². The number of benzene rings is 2. The third-order valence-corrected chi connectivity index (χ3v) is 4.24. The maximum Gasteiger partial charge on any atom is 0.175 e. The second-order valence-electron chi connectivity index (χ2n) is 4.24. The summed E-state index contributed by atoms with van der Waals surface area (Å²) in [6.45, 7) is 1.93. The molecule has 0 saturated carbocycles. The van der Waals surface area contributed by atoms with E-state index < -0.39 is 10.8 Å². The maximum atomic E-state index is 12.1. The molecule has 0 heterocycles. The molecule has 2 nitrogen and oxygen atoms in total. The molecule has 1 atom stereocenters. The van der Waals surface area contributed by atoms with Crippen LogP contribution in [0.2, 0.25) is 5.02 Å². The van der Waals surface area contributed by atoms with Crippen LogP contribution in [0.3, 0.4) is 0 Å². The summed E-state index contributed by atoms with van der Waals surface area (Å²) in [5, 5.41) is 0.580. The van der Waals surface area contributed by atoms with Crippen molar-refractivity contribution in [2.45, 2.75) is 11.8 Å². The molecule has 0 fully saturated rings. The number of aryl methyl sites for hydroxylation is 1. The quantitative estimate of drug-likeness (QED) is 0.806. The minimum Gasteiger partial charge on any atom is -0.293 e. The molecule has 0 radical (unpaired) electrons. The van der Waals surface area contributed by atoms with Crippen LogP contribution in [0, 0.1) is 6.92 Å². The number of carbonyl (C=O) groups is 1. The first-order valence-electron chi connectivity index (χ1n) is 5.80. The van der Waals surface area contributed by atoms with E-state index in [1.165, 1.54) is 0 Å². The van der Waals surface area contributed by atoms with Gasteiger partial charge in [-0.1, -0.05) is 23.7 Å². The fourth-order valence-electron chi connectivity index (χ4n) is 1.68. The molecule has 98 valence electrons. The maximum absolute atomic E-state index is 12.1. The average Bonchev–Trinajstić information content (AvgIpc) is 2.39. The van der Waals surface area contributed by atoms with Gasteiger partial charge in [0.1, 0.15) is 0 Å². The van der Waals surface area contributed by atoms with Crippen molar-refractivity contribution < 1.29 is 9.00 Å². The molecule has 0 aliphatic carbocycles. The highest BCUT2D eigenvalue weighted by molar-refractivity contribution is 7.85. The van der Waals surface area contributed by atoms with E-state index in [1.54, 1.807) is 30.3 Å². The van der Waals surface area contributed by atoms with Crippen molar-refractivity contribution in [3.05, 3.63) is 64.7 Å². The Hall–Kier alpha value is -1.45. The van der Waals surface area contributed by atoms with Gasteiger partial charge in [-0.05, 0) is 48.9 Å². The van der Waals surface area contributed by atoms with Gasteiger partial charge in [0, 0.05) is 15.5 Å². The van der Waals surface area contributed by atoms with Crippen molar-refractivity contribution >= 4 is 28.2 Å². The zero-order chi connectivity index (χ0) is 13.8. The van der Waals surface area contributed by atoms with E-state index in [1.807, 2.05) is 25.1 Å². The van der Waals surface area contributed by atoms with Crippen molar-refractivity contribution in [3.8, 4) is 0 Å². The Kier molecular flexibility index (Phi) is 4.51. The van der Waals surface area contributed by atoms with E-state index in [4.69, 9.17) is 11.6 Å². The molecule has 4 heteroatoms. The van der Waals surface area contributed by atoms with Gasteiger partial charge in [-0.15, -0.1) is 0 Å². The summed E-state index contributed by atoms with van der Waals surface area (Å²) in [5.74, 6) is -0.151.